The van der Waals surface area contributed by atoms with Crippen LogP contribution in [0.1, 0.15) is 29.3 Å². The van der Waals surface area contributed by atoms with Crippen LogP contribution in [0.3, 0.4) is 0 Å². The van der Waals surface area contributed by atoms with Gasteiger partial charge in [-0.2, -0.15) is 0 Å². The number of hydrogen-bond acceptors (Lipinski definition) is 7. The van der Waals surface area contributed by atoms with Crippen molar-refractivity contribution in [2.75, 3.05) is 19.1 Å². The molecule has 0 N–H and O–H groups in total. The van der Waals surface area contributed by atoms with E-state index in [0.29, 0.717) is 27.8 Å². The molecule has 196 valence electrons. The number of hydrogen-bond donors (Lipinski definition) is 0. The molecule has 38 heavy (non-hydrogen) atoms. The van der Waals surface area contributed by atoms with Crippen LogP contribution in [-0.2, 0) is 20.9 Å². The van der Waals surface area contributed by atoms with Crippen LogP contribution >= 0.6 is 11.6 Å². The van der Waals surface area contributed by atoms with Gasteiger partial charge in [-0.1, -0.05) is 29.8 Å². The van der Waals surface area contributed by atoms with Gasteiger partial charge in [-0.15, -0.1) is 0 Å². The fourth-order valence-corrected chi connectivity index (χ4v) is 4.42. The summed E-state index contributed by atoms with van der Waals surface area (Å²) in [4.78, 5) is 54.0. The van der Waals surface area contributed by atoms with Gasteiger partial charge in [0.15, 0.2) is 11.5 Å². The highest BCUT2D eigenvalue weighted by atomic mass is 35.5. The van der Waals surface area contributed by atoms with E-state index in [1.807, 2.05) is 0 Å². The molecule has 0 radical (unpaired) electrons. The normalized spacial score (nSPS) is 14.8. The van der Waals surface area contributed by atoms with E-state index in [4.69, 9.17) is 25.8 Å². The first kappa shape index (κ1) is 26.7. The van der Waals surface area contributed by atoms with E-state index in [1.165, 1.54) is 56.4 Å². The predicted molar refractivity (Wildman–Crippen MR) is 140 cm³/mol. The maximum atomic E-state index is 13.8. The van der Waals surface area contributed by atoms with Crippen LogP contribution in [0.25, 0.3) is 0 Å². The Bertz CT molecular complexity index is 1390. The van der Waals surface area contributed by atoms with E-state index in [2.05, 4.69) is 0 Å². The minimum atomic E-state index is -1.08. The second-order valence-electron chi connectivity index (χ2n) is 8.47. The van der Waals surface area contributed by atoms with Gasteiger partial charge in [0, 0.05) is 24.1 Å². The zero-order valence-electron chi connectivity index (χ0n) is 21.0. The summed E-state index contributed by atoms with van der Waals surface area (Å²) in [5, 5.41) is 0.423. The first-order chi connectivity index (χ1) is 18.2. The molecule has 1 fully saturated rings. The first-order valence-electron chi connectivity index (χ1n) is 11.6. The van der Waals surface area contributed by atoms with Crippen molar-refractivity contribution < 1.29 is 33.4 Å². The zero-order chi connectivity index (χ0) is 27.4. The second kappa shape index (κ2) is 11.4. The molecule has 0 bridgehead atoms. The summed E-state index contributed by atoms with van der Waals surface area (Å²) >= 11 is 6.38. The molecule has 10 heteroatoms. The molecule has 9 nitrogen and oxygen atoms in total. The van der Waals surface area contributed by atoms with Crippen molar-refractivity contribution in [3.63, 3.8) is 0 Å². The Morgan fingerprint density at radius 1 is 0.974 bits per heavy atom. The Kier molecular flexibility index (Phi) is 7.97. The van der Waals surface area contributed by atoms with Gasteiger partial charge in [-0.3, -0.25) is 19.2 Å². The minimum Gasteiger partial charge on any atom is -0.493 e. The Balaban J connectivity index is 1.69. The molecule has 0 aromatic heterocycles. The van der Waals surface area contributed by atoms with Gasteiger partial charge in [0.05, 0.1) is 26.3 Å². The van der Waals surface area contributed by atoms with Gasteiger partial charge in [-0.05, 0) is 54.1 Å². The Hall–Kier alpha value is -4.37. The van der Waals surface area contributed by atoms with Crippen molar-refractivity contribution in [3.05, 3.63) is 82.9 Å². The van der Waals surface area contributed by atoms with Gasteiger partial charge >= 0.3 is 5.97 Å². The lowest BCUT2D eigenvalue weighted by atomic mass is 10.1. The van der Waals surface area contributed by atoms with Gasteiger partial charge in [0.25, 0.3) is 11.8 Å². The number of ether oxygens (including phenoxy) is 3. The third-order valence-corrected chi connectivity index (χ3v) is 6.41. The van der Waals surface area contributed by atoms with Crippen molar-refractivity contribution >= 4 is 41.0 Å². The second-order valence-corrected chi connectivity index (χ2v) is 8.88. The average molecular weight is 537 g/mol. The molecule has 4 rings (SSSR count). The fourth-order valence-electron chi connectivity index (χ4n) is 4.23. The predicted octanol–water partition coefficient (Wildman–Crippen LogP) is 4.26. The smallest absolute Gasteiger partial charge is 0.308 e. The Morgan fingerprint density at radius 3 is 2.29 bits per heavy atom. The minimum absolute atomic E-state index is 0.00420. The summed E-state index contributed by atoms with van der Waals surface area (Å²) in [6.07, 6.45) is -0.214. The van der Waals surface area contributed by atoms with Gasteiger partial charge in [0.1, 0.15) is 11.8 Å². The lowest BCUT2D eigenvalue weighted by Gasteiger charge is -2.28. The van der Waals surface area contributed by atoms with Crippen LogP contribution in [0.15, 0.2) is 66.7 Å². The maximum absolute atomic E-state index is 13.8. The first-order valence-corrected chi connectivity index (χ1v) is 12.0. The monoisotopic (exact) mass is 536 g/mol. The lowest BCUT2D eigenvalue weighted by Crippen LogP contribution is -2.45. The average Bonchev–Trinajstić information content (AvgIpc) is 3.20. The van der Waals surface area contributed by atoms with Crippen LogP contribution in [0, 0.1) is 0 Å². The highest BCUT2D eigenvalue weighted by molar-refractivity contribution is 6.31. The summed E-state index contributed by atoms with van der Waals surface area (Å²) in [6, 6.07) is 16.6. The van der Waals surface area contributed by atoms with E-state index in [1.54, 1.807) is 36.4 Å². The van der Waals surface area contributed by atoms with Crippen molar-refractivity contribution in [2.45, 2.75) is 25.9 Å². The number of carbonyl (C=O) groups excluding carboxylic acids is 4. The highest BCUT2D eigenvalue weighted by Crippen LogP contribution is 2.32. The highest BCUT2D eigenvalue weighted by Gasteiger charge is 2.44. The molecule has 1 unspecified atom stereocenters. The van der Waals surface area contributed by atoms with Crippen molar-refractivity contribution in [3.8, 4) is 17.2 Å². The van der Waals surface area contributed by atoms with E-state index < -0.39 is 29.7 Å². The van der Waals surface area contributed by atoms with Crippen LogP contribution in [0.4, 0.5) is 5.69 Å². The molecule has 1 saturated heterocycles. The molecule has 3 aromatic rings. The number of rotatable bonds is 8. The molecule has 3 amide bonds. The summed E-state index contributed by atoms with van der Waals surface area (Å²) in [5.41, 5.74) is 1.17. The van der Waals surface area contributed by atoms with Crippen LogP contribution in [0.5, 0.6) is 17.2 Å². The number of methoxy groups -OCH3 is 2. The number of amides is 3. The third kappa shape index (κ3) is 5.47. The summed E-state index contributed by atoms with van der Waals surface area (Å²) in [7, 11) is 2.94. The van der Waals surface area contributed by atoms with Crippen LogP contribution in [-0.4, -0.2) is 48.9 Å². The molecule has 1 heterocycles. The lowest BCUT2D eigenvalue weighted by molar-refractivity contribution is -0.132. The quantitative estimate of drug-likeness (QED) is 0.241. The maximum Gasteiger partial charge on any atom is 0.308 e. The summed E-state index contributed by atoms with van der Waals surface area (Å²) in [5.74, 6) is -0.933. The number of carbonyl (C=O) groups is 4. The van der Waals surface area contributed by atoms with E-state index in [9.17, 15) is 19.2 Å². The van der Waals surface area contributed by atoms with E-state index in [-0.39, 0.29) is 24.3 Å². The number of benzene rings is 3. The van der Waals surface area contributed by atoms with Crippen LogP contribution < -0.4 is 19.1 Å². The van der Waals surface area contributed by atoms with Gasteiger partial charge in [0.2, 0.25) is 5.91 Å². The SMILES string of the molecule is COc1ccc(C(=O)N(Cc2ccccc2Cl)C2CC(=O)N(c3ccc(OC(C)=O)cc3)C2=O)cc1OC. The number of anilines is 1. The molecule has 0 saturated carbocycles. The van der Waals surface area contributed by atoms with E-state index in [0.717, 1.165) is 4.90 Å². The Morgan fingerprint density at radius 2 is 1.66 bits per heavy atom. The number of halogens is 1. The zero-order valence-corrected chi connectivity index (χ0v) is 21.7. The summed E-state index contributed by atoms with van der Waals surface area (Å²) in [6.45, 7) is 1.27. The van der Waals surface area contributed by atoms with Gasteiger partial charge in [-0.25, -0.2) is 4.90 Å². The van der Waals surface area contributed by atoms with Gasteiger partial charge < -0.3 is 19.1 Å². The van der Waals surface area contributed by atoms with Crippen molar-refractivity contribution in [2.24, 2.45) is 0 Å². The third-order valence-electron chi connectivity index (χ3n) is 6.05. The largest absolute Gasteiger partial charge is 0.493 e. The summed E-state index contributed by atoms with van der Waals surface area (Å²) < 4.78 is 15.6. The van der Waals surface area contributed by atoms with Crippen molar-refractivity contribution in [1.82, 2.24) is 4.90 Å². The fraction of sp³-hybridized carbons (Fsp3) is 0.214. The molecule has 0 aliphatic carbocycles. The number of imide groups is 1. The molecule has 3 aromatic carbocycles. The molecular formula is C28H25ClN2O7. The van der Waals surface area contributed by atoms with Crippen LogP contribution in [0.2, 0.25) is 5.02 Å². The molecule has 0 spiro atoms. The van der Waals surface area contributed by atoms with E-state index >= 15 is 0 Å². The number of esters is 1. The topological polar surface area (TPSA) is 102 Å². The molecule has 1 aliphatic heterocycles. The molecule has 1 atom stereocenters. The number of nitrogens with zero attached hydrogens (tertiary/aromatic N) is 2. The molecular weight excluding hydrogens is 512 g/mol. The Labute approximate surface area is 224 Å². The standard InChI is InChI=1S/C28H25ClN2O7/c1-17(32)38-21-11-9-20(10-12-21)31-26(33)15-23(28(31)35)30(16-19-6-4-5-7-22(19)29)27(34)18-8-13-24(36-2)25(14-18)37-3/h4-14,23H,15-16H2,1-3H3. The van der Waals surface area contributed by atoms with Crippen molar-refractivity contribution in [1.29, 1.82) is 0 Å². The molecule has 1 aliphatic rings.